The number of ether oxygens (including phenoxy) is 2. The van der Waals surface area contributed by atoms with Crippen molar-refractivity contribution in [2.45, 2.75) is 12.5 Å². The van der Waals surface area contributed by atoms with E-state index in [2.05, 4.69) is 0 Å². The highest BCUT2D eigenvalue weighted by Gasteiger charge is 2.15. The van der Waals surface area contributed by atoms with Crippen LogP contribution in [0.5, 0.6) is 0 Å². The number of rotatable bonds is 1. The van der Waals surface area contributed by atoms with Gasteiger partial charge in [-0.05, 0) is 17.7 Å². The molecular weight excluding hydrogens is 166 g/mol. The fourth-order valence-electron chi connectivity index (χ4n) is 1.44. The molecule has 2 rings (SSSR count). The zero-order valence-electron chi connectivity index (χ0n) is 7.40. The Morgan fingerprint density at radius 2 is 2.00 bits per heavy atom. The Morgan fingerprint density at radius 3 is 2.62 bits per heavy atom. The summed E-state index contributed by atoms with van der Waals surface area (Å²) in [7, 11) is 0. The number of nitrogens with two attached hydrogens (primary N) is 1. The van der Waals surface area contributed by atoms with Crippen LogP contribution in [-0.2, 0) is 9.47 Å². The summed E-state index contributed by atoms with van der Waals surface area (Å²) in [4.78, 5) is 0. The molecule has 70 valence electrons. The van der Waals surface area contributed by atoms with Gasteiger partial charge in [0.2, 0.25) is 0 Å². The topological polar surface area (TPSA) is 44.5 Å². The normalized spacial score (nSPS) is 22.9. The van der Waals surface area contributed by atoms with Crippen LogP contribution in [0.1, 0.15) is 18.1 Å². The summed E-state index contributed by atoms with van der Waals surface area (Å²) in [5.74, 6) is 0. The summed E-state index contributed by atoms with van der Waals surface area (Å²) in [6, 6.07) is 7.80. The van der Waals surface area contributed by atoms with Gasteiger partial charge in [0, 0.05) is 12.1 Å². The second-order valence-corrected chi connectivity index (χ2v) is 3.14. The van der Waals surface area contributed by atoms with E-state index in [4.69, 9.17) is 15.2 Å². The number of hydrogen-bond donors (Lipinski definition) is 1. The van der Waals surface area contributed by atoms with Crippen LogP contribution in [-0.4, -0.2) is 13.4 Å². The van der Waals surface area contributed by atoms with Gasteiger partial charge < -0.3 is 15.2 Å². The number of nitrogen functional groups attached to an aromatic ring is 1. The highest BCUT2D eigenvalue weighted by Crippen LogP contribution is 2.24. The molecule has 1 aliphatic heterocycles. The number of benzene rings is 1. The Labute approximate surface area is 77.5 Å². The van der Waals surface area contributed by atoms with E-state index in [1.54, 1.807) is 0 Å². The van der Waals surface area contributed by atoms with Gasteiger partial charge in [0.1, 0.15) is 6.79 Å². The Balaban J connectivity index is 2.10. The van der Waals surface area contributed by atoms with Crippen molar-refractivity contribution in [2.75, 3.05) is 19.1 Å². The van der Waals surface area contributed by atoms with Gasteiger partial charge in [-0.25, -0.2) is 0 Å². The van der Waals surface area contributed by atoms with E-state index in [9.17, 15) is 0 Å². The Morgan fingerprint density at radius 1 is 1.23 bits per heavy atom. The zero-order valence-corrected chi connectivity index (χ0v) is 7.40. The van der Waals surface area contributed by atoms with Crippen molar-refractivity contribution in [1.82, 2.24) is 0 Å². The molecule has 1 aromatic carbocycles. The highest BCUT2D eigenvalue weighted by atomic mass is 16.7. The van der Waals surface area contributed by atoms with Crippen molar-refractivity contribution in [3.8, 4) is 0 Å². The van der Waals surface area contributed by atoms with E-state index in [-0.39, 0.29) is 6.10 Å². The summed E-state index contributed by atoms with van der Waals surface area (Å²) in [6.07, 6.45) is 1.10. The van der Waals surface area contributed by atoms with Crippen molar-refractivity contribution in [3.05, 3.63) is 29.8 Å². The SMILES string of the molecule is Nc1ccc(C2CCOCO2)cc1. The van der Waals surface area contributed by atoms with E-state index in [0.29, 0.717) is 6.79 Å². The van der Waals surface area contributed by atoms with Crippen LogP contribution in [0.2, 0.25) is 0 Å². The third-order valence-electron chi connectivity index (χ3n) is 2.19. The molecule has 0 amide bonds. The zero-order chi connectivity index (χ0) is 9.10. The monoisotopic (exact) mass is 179 g/mol. The molecule has 1 saturated heterocycles. The lowest BCUT2D eigenvalue weighted by molar-refractivity contribution is -0.140. The second kappa shape index (κ2) is 3.77. The van der Waals surface area contributed by atoms with Crippen LogP contribution >= 0.6 is 0 Å². The van der Waals surface area contributed by atoms with Gasteiger partial charge in [-0.2, -0.15) is 0 Å². The molecule has 0 aromatic heterocycles. The third kappa shape index (κ3) is 1.99. The van der Waals surface area contributed by atoms with E-state index in [0.717, 1.165) is 18.7 Å². The molecule has 1 fully saturated rings. The van der Waals surface area contributed by atoms with Gasteiger partial charge in [-0.1, -0.05) is 12.1 Å². The largest absolute Gasteiger partial charge is 0.399 e. The van der Waals surface area contributed by atoms with Crippen LogP contribution < -0.4 is 5.73 Å². The van der Waals surface area contributed by atoms with Gasteiger partial charge in [-0.3, -0.25) is 0 Å². The minimum absolute atomic E-state index is 0.175. The molecule has 0 radical (unpaired) electrons. The molecule has 1 heterocycles. The third-order valence-corrected chi connectivity index (χ3v) is 2.19. The molecule has 1 aliphatic rings. The quantitative estimate of drug-likeness (QED) is 0.667. The standard InChI is InChI=1S/C10H13NO2/c11-9-3-1-8(2-4-9)10-5-6-12-7-13-10/h1-4,10H,5-7,11H2. The first-order valence-corrected chi connectivity index (χ1v) is 4.41. The maximum atomic E-state index is 5.59. The number of hydrogen-bond acceptors (Lipinski definition) is 3. The molecule has 0 saturated carbocycles. The van der Waals surface area contributed by atoms with E-state index < -0.39 is 0 Å². The molecule has 0 aliphatic carbocycles. The fourth-order valence-corrected chi connectivity index (χ4v) is 1.44. The summed E-state index contributed by atoms with van der Waals surface area (Å²) in [5, 5.41) is 0. The Bertz CT molecular complexity index is 265. The molecule has 1 atom stereocenters. The summed E-state index contributed by atoms with van der Waals surface area (Å²) < 4.78 is 10.5. The van der Waals surface area contributed by atoms with Crippen LogP contribution in [0.4, 0.5) is 5.69 Å². The first kappa shape index (κ1) is 8.53. The molecule has 2 N–H and O–H groups in total. The lowest BCUT2D eigenvalue weighted by Gasteiger charge is -2.23. The minimum atomic E-state index is 0.175. The van der Waals surface area contributed by atoms with Crippen molar-refractivity contribution in [1.29, 1.82) is 0 Å². The molecule has 1 unspecified atom stereocenters. The van der Waals surface area contributed by atoms with Crippen LogP contribution in [0.15, 0.2) is 24.3 Å². The highest BCUT2D eigenvalue weighted by molar-refractivity contribution is 5.39. The van der Waals surface area contributed by atoms with Gasteiger partial charge in [-0.15, -0.1) is 0 Å². The van der Waals surface area contributed by atoms with Crippen molar-refractivity contribution in [3.63, 3.8) is 0 Å². The lowest BCUT2D eigenvalue weighted by Crippen LogP contribution is -2.16. The average molecular weight is 179 g/mol. The maximum absolute atomic E-state index is 5.59. The van der Waals surface area contributed by atoms with Crippen molar-refractivity contribution in [2.24, 2.45) is 0 Å². The smallest absolute Gasteiger partial charge is 0.147 e. The first-order chi connectivity index (χ1) is 6.36. The van der Waals surface area contributed by atoms with E-state index in [1.165, 1.54) is 5.56 Å². The summed E-state index contributed by atoms with van der Waals surface area (Å²) >= 11 is 0. The molecular formula is C10H13NO2. The minimum Gasteiger partial charge on any atom is -0.399 e. The Kier molecular flexibility index (Phi) is 2.47. The summed E-state index contributed by atoms with van der Waals surface area (Å²) in [5.41, 5.74) is 7.56. The van der Waals surface area contributed by atoms with Crippen LogP contribution in [0, 0.1) is 0 Å². The van der Waals surface area contributed by atoms with Crippen LogP contribution in [0.25, 0.3) is 0 Å². The molecule has 0 spiro atoms. The Hall–Kier alpha value is -1.06. The second-order valence-electron chi connectivity index (χ2n) is 3.14. The predicted molar refractivity (Wildman–Crippen MR) is 50.1 cm³/mol. The molecule has 3 nitrogen and oxygen atoms in total. The predicted octanol–water partition coefficient (Wildman–Crippen LogP) is 1.70. The lowest BCUT2D eigenvalue weighted by atomic mass is 10.1. The fraction of sp³-hybridized carbons (Fsp3) is 0.400. The number of anilines is 1. The molecule has 3 heteroatoms. The van der Waals surface area contributed by atoms with Gasteiger partial charge in [0.15, 0.2) is 0 Å². The molecule has 13 heavy (non-hydrogen) atoms. The first-order valence-electron chi connectivity index (χ1n) is 4.41. The van der Waals surface area contributed by atoms with Crippen molar-refractivity contribution < 1.29 is 9.47 Å². The van der Waals surface area contributed by atoms with Gasteiger partial charge >= 0.3 is 0 Å². The molecule has 0 bridgehead atoms. The average Bonchev–Trinajstić information content (AvgIpc) is 2.20. The van der Waals surface area contributed by atoms with Crippen LogP contribution in [0.3, 0.4) is 0 Å². The van der Waals surface area contributed by atoms with Crippen molar-refractivity contribution >= 4 is 5.69 Å². The van der Waals surface area contributed by atoms with E-state index >= 15 is 0 Å². The van der Waals surface area contributed by atoms with Gasteiger partial charge in [0.25, 0.3) is 0 Å². The van der Waals surface area contributed by atoms with E-state index in [1.807, 2.05) is 24.3 Å². The summed E-state index contributed by atoms with van der Waals surface area (Å²) in [6.45, 7) is 1.17. The molecule has 1 aromatic rings. The maximum Gasteiger partial charge on any atom is 0.147 e. The van der Waals surface area contributed by atoms with Gasteiger partial charge in [0.05, 0.1) is 12.7 Å².